The first-order valence-corrected chi connectivity index (χ1v) is 8.29. The van der Waals surface area contributed by atoms with Crippen LogP contribution in [0.25, 0.3) is 0 Å². The number of Topliss-reactive ketones (excluding diaryl/α,β-unsaturated/α-hetero) is 2. The van der Waals surface area contributed by atoms with E-state index < -0.39 is 0 Å². The second-order valence-electron chi connectivity index (χ2n) is 4.12. The highest BCUT2D eigenvalue weighted by atomic mass is 32.2. The van der Waals surface area contributed by atoms with E-state index in [-0.39, 0.29) is 23.4 Å². The molecule has 0 heterocycles. The molecule has 0 saturated heterocycles. The van der Waals surface area contributed by atoms with E-state index >= 15 is 0 Å². The lowest BCUT2D eigenvalue weighted by Crippen LogP contribution is -2.24. The number of benzene rings is 1. The molecule has 0 atom stereocenters. The Morgan fingerprint density at radius 3 is 1.55 bits per heavy atom. The van der Waals surface area contributed by atoms with Crippen LogP contribution in [0.2, 0.25) is 0 Å². The molecule has 20 heavy (non-hydrogen) atoms. The Bertz CT molecular complexity index is 517. The first-order valence-electron chi connectivity index (χ1n) is 5.98. The third-order valence-electron chi connectivity index (χ3n) is 3.00. The Kier molecular flexibility index (Phi) is 5.42. The van der Waals surface area contributed by atoms with Gasteiger partial charge in [0.05, 0.1) is 11.9 Å². The van der Waals surface area contributed by atoms with E-state index in [1.54, 1.807) is 24.3 Å². The van der Waals surface area contributed by atoms with Crippen LogP contribution < -0.4 is 0 Å². The van der Waals surface area contributed by atoms with Crippen molar-refractivity contribution in [1.82, 2.24) is 0 Å². The summed E-state index contributed by atoms with van der Waals surface area (Å²) < 4.78 is 0. The Labute approximate surface area is 125 Å². The zero-order chi connectivity index (χ0) is 14.5. The summed E-state index contributed by atoms with van der Waals surface area (Å²) in [6.07, 6.45) is 0. The summed E-state index contributed by atoms with van der Waals surface area (Å²) in [6.45, 7) is 0. The normalized spacial score (nSPS) is 14.7. The van der Waals surface area contributed by atoms with Crippen LogP contribution in [-0.4, -0.2) is 45.2 Å². The van der Waals surface area contributed by atoms with E-state index in [1.807, 2.05) is 0 Å². The van der Waals surface area contributed by atoms with E-state index in [2.05, 4.69) is 0 Å². The Morgan fingerprint density at radius 2 is 1.20 bits per heavy atom. The van der Waals surface area contributed by atoms with Gasteiger partial charge in [0.2, 0.25) is 0 Å². The summed E-state index contributed by atoms with van der Waals surface area (Å²) in [5.74, 6) is 0.0810. The van der Waals surface area contributed by atoms with Crippen molar-refractivity contribution in [2.75, 3.05) is 23.4 Å². The lowest BCUT2D eigenvalue weighted by Gasteiger charge is -2.20. The lowest BCUT2D eigenvalue weighted by atomic mass is 9.85. The van der Waals surface area contributed by atoms with E-state index in [0.29, 0.717) is 33.8 Å². The van der Waals surface area contributed by atoms with Crippen molar-refractivity contribution in [2.45, 2.75) is 0 Å². The Morgan fingerprint density at radius 1 is 0.800 bits per heavy atom. The highest BCUT2D eigenvalue weighted by molar-refractivity contribution is 7.99. The molecule has 0 aromatic heterocycles. The molecule has 2 rings (SSSR count). The average Bonchev–Trinajstić information content (AvgIpc) is 2.48. The number of hydrogen-bond donors (Lipinski definition) is 2. The molecule has 1 aliphatic rings. The average molecular weight is 310 g/mol. The van der Waals surface area contributed by atoms with E-state index in [0.717, 1.165) is 0 Å². The monoisotopic (exact) mass is 310 g/mol. The van der Waals surface area contributed by atoms with Gasteiger partial charge in [-0.25, -0.2) is 0 Å². The van der Waals surface area contributed by atoms with Gasteiger partial charge in [-0.1, -0.05) is 24.3 Å². The lowest BCUT2D eigenvalue weighted by molar-refractivity contribution is 0.0976. The molecular weight excluding hydrogens is 296 g/mol. The topological polar surface area (TPSA) is 74.6 Å². The number of ketones is 2. The van der Waals surface area contributed by atoms with Crippen LogP contribution in [0.1, 0.15) is 20.7 Å². The molecule has 0 amide bonds. The third-order valence-corrected chi connectivity index (χ3v) is 4.35. The van der Waals surface area contributed by atoms with Gasteiger partial charge in [0, 0.05) is 33.8 Å². The highest BCUT2D eigenvalue weighted by Crippen LogP contribution is 2.30. The molecule has 1 aromatic rings. The van der Waals surface area contributed by atoms with Gasteiger partial charge in [-0.3, -0.25) is 9.59 Å². The molecule has 4 nitrogen and oxygen atoms in total. The van der Waals surface area contributed by atoms with Gasteiger partial charge in [-0.05, 0) is 0 Å². The van der Waals surface area contributed by atoms with Crippen molar-refractivity contribution < 1.29 is 19.8 Å². The molecule has 6 heteroatoms. The van der Waals surface area contributed by atoms with E-state index in [4.69, 9.17) is 10.2 Å². The maximum Gasteiger partial charge on any atom is 0.191 e. The summed E-state index contributed by atoms with van der Waals surface area (Å²) in [4.78, 5) is 24.9. The molecular formula is C14H14O4S2. The van der Waals surface area contributed by atoms with Crippen LogP contribution in [0.3, 0.4) is 0 Å². The smallest absolute Gasteiger partial charge is 0.191 e. The molecule has 0 unspecified atom stereocenters. The van der Waals surface area contributed by atoms with Crippen LogP contribution in [0.15, 0.2) is 35.4 Å². The minimum atomic E-state index is -0.158. The molecule has 1 aliphatic carbocycles. The number of aliphatic hydroxyl groups is 2. The predicted molar refractivity (Wildman–Crippen MR) is 81.2 cm³/mol. The van der Waals surface area contributed by atoms with Crippen molar-refractivity contribution >= 4 is 35.1 Å². The van der Waals surface area contributed by atoms with Crippen molar-refractivity contribution in [3.8, 4) is 0 Å². The van der Waals surface area contributed by atoms with Crippen LogP contribution in [0.4, 0.5) is 0 Å². The second kappa shape index (κ2) is 7.08. The van der Waals surface area contributed by atoms with E-state index in [9.17, 15) is 9.59 Å². The van der Waals surface area contributed by atoms with Gasteiger partial charge in [-0.15, -0.1) is 23.5 Å². The minimum absolute atomic E-state index is 0.104. The fourth-order valence-electron chi connectivity index (χ4n) is 2.08. The molecule has 106 valence electrons. The number of fused-ring (bicyclic) bond motifs is 1. The van der Waals surface area contributed by atoms with Crippen LogP contribution in [0, 0.1) is 0 Å². The van der Waals surface area contributed by atoms with Gasteiger partial charge in [-0.2, -0.15) is 0 Å². The standard InChI is InChI=1S/C14H14O4S2/c15-7-19-5-11-12(6-20-8-16)14(18)10-4-2-1-3-9(10)13(11)17/h1-4,15-16H,5-8H2. The molecule has 2 N–H and O–H groups in total. The first-order chi connectivity index (χ1) is 9.70. The second-order valence-corrected chi connectivity index (χ2v) is 6.03. The van der Waals surface area contributed by atoms with Gasteiger partial charge in [0.15, 0.2) is 11.6 Å². The molecule has 0 spiro atoms. The minimum Gasteiger partial charge on any atom is -0.386 e. The molecule has 1 aromatic carbocycles. The molecule has 0 bridgehead atoms. The van der Waals surface area contributed by atoms with Crippen molar-refractivity contribution in [3.05, 3.63) is 46.5 Å². The zero-order valence-corrected chi connectivity index (χ0v) is 12.3. The maximum atomic E-state index is 12.5. The number of thioether (sulfide) groups is 2. The number of carbonyl (C=O) groups excluding carboxylic acids is 2. The summed E-state index contributed by atoms with van der Waals surface area (Å²) >= 11 is 2.37. The number of aliphatic hydroxyl groups excluding tert-OH is 2. The highest BCUT2D eigenvalue weighted by Gasteiger charge is 2.31. The quantitative estimate of drug-likeness (QED) is 0.780. The zero-order valence-electron chi connectivity index (χ0n) is 10.7. The third kappa shape index (κ3) is 2.98. The maximum absolute atomic E-state index is 12.5. The van der Waals surface area contributed by atoms with Crippen LogP contribution >= 0.6 is 23.5 Å². The van der Waals surface area contributed by atoms with Gasteiger partial charge in [0.1, 0.15) is 0 Å². The summed E-state index contributed by atoms with van der Waals surface area (Å²) in [6, 6.07) is 6.76. The molecule has 0 fully saturated rings. The van der Waals surface area contributed by atoms with Crippen LogP contribution in [0.5, 0.6) is 0 Å². The van der Waals surface area contributed by atoms with Crippen molar-refractivity contribution in [2.24, 2.45) is 0 Å². The van der Waals surface area contributed by atoms with Gasteiger partial charge < -0.3 is 10.2 Å². The Hall–Kier alpha value is -1.08. The summed E-state index contributed by atoms with van der Waals surface area (Å²) in [7, 11) is 0. The Balaban J connectivity index is 2.44. The SMILES string of the molecule is O=C1C(CSCO)=C(CSCO)C(=O)c2ccccc21. The summed E-state index contributed by atoms with van der Waals surface area (Å²) in [5.41, 5.74) is 1.72. The van der Waals surface area contributed by atoms with E-state index in [1.165, 1.54) is 23.5 Å². The summed E-state index contributed by atoms with van der Waals surface area (Å²) in [5, 5.41) is 17.8. The number of rotatable bonds is 6. The predicted octanol–water partition coefficient (Wildman–Crippen LogP) is 1.73. The van der Waals surface area contributed by atoms with Crippen LogP contribution in [-0.2, 0) is 0 Å². The molecule has 0 saturated carbocycles. The van der Waals surface area contributed by atoms with Crippen molar-refractivity contribution in [1.29, 1.82) is 0 Å². The largest absolute Gasteiger partial charge is 0.386 e. The fourth-order valence-corrected chi connectivity index (χ4v) is 3.28. The fraction of sp³-hybridized carbons (Fsp3) is 0.286. The van der Waals surface area contributed by atoms with Gasteiger partial charge >= 0.3 is 0 Å². The molecule has 0 radical (unpaired) electrons. The molecule has 0 aliphatic heterocycles. The van der Waals surface area contributed by atoms with Gasteiger partial charge in [0.25, 0.3) is 0 Å². The number of hydrogen-bond acceptors (Lipinski definition) is 6. The number of carbonyl (C=O) groups is 2. The van der Waals surface area contributed by atoms with Crippen molar-refractivity contribution in [3.63, 3.8) is 0 Å². The first kappa shape index (κ1) is 15.3.